The molecule has 0 unspecified atom stereocenters. The number of amides is 1. The standard InChI is InChI=1S/C7H14N2O/c1-2-3-4-5-9-7(10)6-8/h2-3H,4-6,8H2,1H3,(H,9,10)/b3-2+. The Hall–Kier alpha value is -0.830. The fourth-order valence-corrected chi connectivity index (χ4v) is 0.534. The van der Waals surface area contributed by atoms with Gasteiger partial charge in [0.25, 0.3) is 0 Å². The van der Waals surface area contributed by atoms with Crippen LogP contribution >= 0.6 is 0 Å². The highest BCUT2D eigenvalue weighted by atomic mass is 16.1. The molecule has 0 rings (SSSR count). The lowest BCUT2D eigenvalue weighted by Crippen LogP contribution is -2.30. The van der Waals surface area contributed by atoms with Crippen LogP contribution in [0.5, 0.6) is 0 Å². The van der Waals surface area contributed by atoms with E-state index in [4.69, 9.17) is 5.73 Å². The first-order valence-electron chi connectivity index (χ1n) is 3.39. The number of carbonyl (C=O) groups excluding carboxylic acids is 1. The van der Waals surface area contributed by atoms with Crippen LogP contribution < -0.4 is 11.1 Å². The van der Waals surface area contributed by atoms with Crippen molar-refractivity contribution in [3.63, 3.8) is 0 Å². The second kappa shape index (κ2) is 6.29. The van der Waals surface area contributed by atoms with E-state index in [2.05, 4.69) is 5.32 Å². The molecular formula is C7H14N2O. The lowest BCUT2D eigenvalue weighted by molar-refractivity contribution is -0.119. The summed E-state index contributed by atoms with van der Waals surface area (Å²) >= 11 is 0. The molecule has 0 aromatic carbocycles. The Kier molecular flexibility index (Phi) is 5.77. The average Bonchev–Trinajstić information content (AvgIpc) is 1.98. The second-order valence-corrected chi connectivity index (χ2v) is 1.91. The van der Waals surface area contributed by atoms with Crippen molar-refractivity contribution in [2.75, 3.05) is 13.1 Å². The van der Waals surface area contributed by atoms with Crippen molar-refractivity contribution in [2.24, 2.45) is 5.73 Å². The number of allylic oxidation sites excluding steroid dienone is 1. The Bertz CT molecular complexity index is 121. The molecule has 0 heterocycles. The quantitative estimate of drug-likeness (QED) is 0.429. The Morgan fingerprint density at radius 3 is 2.90 bits per heavy atom. The van der Waals surface area contributed by atoms with E-state index in [1.54, 1.807) is 0 Å². The van der Waals surface area contributed by atoms with E-state index in [0.29, 0.717) is 6.54 Å². The minimum atomic E-state index is -0.0931. The monoisotopic (exact) mass is 142 g/mol. The van der Waals surface area contributed by atoms with Crippen LogP contribution in [0.1, 0.15) is 13.3 Å². The number of nitrogens with two attached hydrogens (primary N) is 1. The van der Waals surface area contributed by atoms with Crippen LogP contribution in [0.15, 0.2) is 12.2 Å². The first kappa shape index (κ1) is 9.17. The summed E-state index contributed by atoms with van der Waals surface area (Å²) in [5.41, 5.74) is 5.06. The van der Waals surface area contributed by atoms with Crippen molar-refractivity contribution in [2.45, 2.75) is 13.3 Å². The lowest BCUT2D eigenvalue weighted by atomic mass is 10.4. The number of hydrogen-bond acceptors (Lipinski definition) is 2. The molecule has 0 fully saturated rings. The summed E-state index contributed by atoms with van der Waals surface area (Å²) in [6, 6.07) is 0. The first-order valence-corrected chi connectivity index (χ1v) is 3.39. The molecule has 1 amide bonds. The van der Waals surface area contributed by atoms with E-state index in [-0.39, 0.29) is 12.5 Å². The third-order valence-electron chi connectivity index (χ3n) is 1.05. The van der Waals surface area contributed by atoms with Gasteiger partial charge in [-0.2, -0.15) is 0 Å². The number of nitrogens with one attached hydrogen (secondary N) is 1. The van der Waals surface area contributed by atoms with Gasteiger partial charge in [-0.25, -0.2) is 0 Å². The third kappa shape index (κ3) is 5.31. The van der Waals surface area contributed by atoms with Crippen LogP contribution in [0.25, 0.3) is 0 Å². The lowest BCUT2D eigenvalue weighted by Gasteiger charge is -1.98. The zero-order valence-electron chi connectivity index (χ0n) is 6.26. The maximum absolute atomic E-state index is 10.5. The summed E-state index contributed by atoms with van der Waals surface area (Å²) in [4.78, 5) is 10.5. The van der Waals surface area contributed by atoms with Crippen molar-refractivity contribution in [1.29, 1.82) is 0 Å². The SMILES string of the molecule is C/C=C/CCNC(=O)CN. The van der Waals surface area contributed by atoms with Gasteiger partial charge in [0.15, 0.2) is 0 Å². The summed E-state index contributed by atoms with van der Waals surface area (Å²) in [6.07, 6.45) is 4.83. The van der Waals surface area contributed by atoms with E-state index < -0.39 is 0 Å². The van der Waals surface area contributed by atoms with Gasteiger partial charge in [-0.05, 0) is 13.3 Å². The van der Waals surface area contributed by atoms with Gasteiger partial charge in [-0.3, -0.25) is 4.79 Å². The maximum Gasteiger partial charge on any atom is 0.233 e. The topological polar surface area (TPSA) is 55.1 Å². The summed E-state index contributed by atoms with van der Waals surface area (Å²) in [6.45, 7) is 2.71. The van der Waals surface area contributed by atoms with Gasteiger partial charge in [0.05, 0.1) is 6.54 Å². The van der Waals surface area contributed by atoms with E-state index in [1.165, 1.54) is 0 Å². The molecule has 3 heteroatoms. The molecule has 0 aromatic heterocycles. The molecule has 0 aliphatic heterocycles. The minimum Gasteiger partial charge on any atom is -0.355 e. The van der Waals surface area contributed by atoms with E-state index >= 15 is 0 Å². The highest BCUT2D eigenvalue weighted by Crippen LogP contribution is 1.78. The number of hydrogen-bond donors (Lipinski definition) is 2. The van der Waals surface area contributed by atoms with Gasteiger partial charge < -0.3 is 11.1 Å². The fraction of sp³-hybridized carbons (Fsp3) is 0.571. The molecule has 0 saturated heterocycles. The van der Waals surface area contributed by atoms with Crippen LogP contribution in [-0.4, -0.2) is 19.0 Å². The van der Waals surface area contributed by atoms with E-state index in [1.807, 2.05) is 19.1 Å². The van der Waals surface area contributed by atoms with Gasteiger partial charge in [-0.15, -0.1) is 0 Å². The van der Waals surface area contributed by atoms with Gasteiger partial charge in [0.2, 0.25) is 5.91 Å². The Labute approximate surface area is 61.3 Å². The minimum absolute atomic E-state index is 0.0792. The van der Waals surface area contributed by atoms with Crippen LogP contribution in [0.3, 0.4) is 0 Å². The molecular weight excluding hydrogens is 128 g/mol. The maximum atomic E-state index is 10.5. The highest BCUT2D eigenvalue weighted by Gasteiger charge is 1.91. The predicted octanol–water partition coefficient (Wildman–Crippen LogP) is 0.0275. The zero-order chi connectivity index (χ0) is 7.82. The van der Waals surface area contributed by atoms with Gasteiger partial charge in [0.1, 0.15) is 0 Å². The van der Waals surface area contributed by atoms with Gasteiger partial charge in [-0.1, -0.05) is 12.2 Å². The van der Waals surface area contributed by atoms with Crippen molar-refractivity contribution in [1.82, 2.24) is 5.32 Å². The van der Waals surface area contributed by atoms with E-state index in [0.717, 1.165) is 6.42 Å². The molecule has 0 radical (unpaired) electrons. The van der Waals surface area contributed by atoms with Crippen LogP contribution in [-0.2, 0) is 4.79 Å². The molecule has 0 saturated carbocycles. The van der Waals surface area contributed by atoms with Crippen molar-refractivity contribution in [3.05, 3.63) is 12.2 Å². The smallest absolute Gasteiger partial charge is 0.233 e. The predicted molar refractivity (Wildman–Crippen MR) is 41.5 cm³/mol. The Morgan fingerprint density at radius 2 is 2.40 bits per heavy atom. The van der Waals surface area contributed by atoms with Gasteiger partial charge >= 0.3 is 0 Å². The molecule has 0 atom stereocenters. The molecule has 0 aromatic rings. The van der Waals surface area contributed by atoms with Crippen LogP contribution in [0, 0.1) is 0 Å². The second-order valence-electron chi connectivity index (χ2n) is 1.91. The van der Waals surface area contributed by atoms with Crippen molar-refractivity contribution in [3.8, 4) is 0 Å². The first-order chi connectivity index (χ1) is 4.81. The number of carbonyl (C=O) groups is 1. The Balaban J connectivity index is 3.11. The van der Waals surface area contributed by atoms with E-state index in [9.17, 15) is 4.79 Å². The molecule has 3 nitrogen and oxygen atoms in total. The largest absolute Gasteiger partial charge is 0.355 e. The molecule has 0 aliphatic rings. The number of rotatable bonds is 4. The normalized spacial score (nSPS) is 10.2. The van der Waals surface area contributed by atoms with Crippen LogP contribution in [0.2, 0.25) is 0 Å². The Morgan fingerprint density at radius 1 is 1.70 bits per heavy atom. The molecule has 58 valence electrons. The molecule has 0 spiro atoms. The fourth-order valence-electron chi connectivity index (χ4n) is 0.534. The van der Waals surface area contributed by atoms with Crippen molar-refractivity contribution >= 4 is 5.91 Å². The average molecular weight is 142 g/mol. The zero-order valence-corrected chi connectivity index (χ0v) is 6.26. The van der Waals surface area contributed by atoms with Crippen molar-refractivity contribution < 1.29 is 4.79 Å². The summed E-state index contributed by atoms with van der Waals surface area (Å²) < 4.78 is 0. The third-order valence-corrected chi connectivity index (χ3v) is 1.05. The highest BCUT2D eigenvalue weighted by molar-refractivity contribution is 5.77. The van der Waals surface area contributed by atoms with Crippen LogP contribution in [0.4, 0.5) is 0 Å². The summed E-state index contributed by atoms with van der Waals surface area (Å²) in [5.74, 6) is -0.0931. The molecule has 0 aliphatic carbocycles. The molecule has 3 N–H and O–H groups in total. The molecule has 0 bridgehead atoms. The summed E-state index contributed by atoms with van der Waals surface area (Å²) in [7, 11) is 0. The summed E-state index contributed by atoms with van der Waals surface area (Å²) in [5, 5.41) is 2.65. The van der Waals surface area contributed by atoms with Gasteiger partial charge in [0, 0.05) is 6.54 Å². The molecule has 10 heavy (non-hydrogen) atoms.